The summed E-state index contributed by atoms with van der Waals surface area (Å²) in [6, 6.07) is 4.61. The summed E-state index contributed by atoms with van der Waals surface area (Å²) >= 11 is 0. The Balaban J connectivity index is 1.79. The van der Waals surface area contributed by atoms with Crippen LogP contribution in [0.2, 0.25) is 0 Å². The molecule has 3 amide bonds. The third-order valence-corrected chi connectivity index (χ3v) is 6.33. The van der Waals surface area contributed by atoms with Gasteiger partial charge in [-0.2, -0.15) is 0 Å². The summed E-state index contributed by atoms with van der Waals surface area (Å²) in [7, 11) is 1.57. The highest BCUT2D eigenvalue weighted by Gasteiger charge is 2.51. The molecule has 0 unspecified atom stereocenters. The molecule has 0 spiro atoms. The van der Waals surface area contributed by atoms with Crippen LogP contribution in [0.3, 0.4) is 0 Å². The van der Waals surface area contributed by atoms with E-state index >= 15 is 0 Å². The maximum Gasteiger partial charge on any atom is 0.264 e. The second kappa shape index (κ2) is 9.40. The molecule has 1 saturated heterocycles. The largest absolute Gasteiger partial charge is 0.394 e. The van der Waals surface area contributed by atoms with Crippen LogP contribution in [-0.2, 0) is 20.0 Å². The number of likely N-dealkylation sites (N-methyl/N-ethyl adjacent to an activating group) is 1. The number of nitrogens with zero attached hydrogens (tertiary/aromatic N) is 2. The molecule has 2 heterocycles. The molecule has 9 nitrogen and oxygen atoms in total. The van der Waals surface area contributed by atoms with E-state index < -0.39 is 29.4 Å². The van der Waals surface area contributed by atoms with Crippen molar-refractivity contribution >= 4 is 29.1 Å². The predicted molar refractivity (Wildman–Crippen MR) is 119 cm³/mol. The predicted octanol–water partition coefficient (Wildman–Crippen LogP) is 0.736. The molecule has 4 N–H and O–H groups in total. The minimum atomic E-state index is -1.86. The Hall–Kier alpha value is -2.75. The lowest BCUT2D eigenvalue weighted by atomic mass is 9.82. The summed E-state index contributed by atoms with van der Waals surface area (Å²) in [5.41, 5.74) is -0.647. The van der Waals surface area contributed by atoms with E-state index in [2.05, 4.69) is 5.32 Å². The first-order valence-electron chi connectivity index (χ1n) is 10.8. The lowest BCUT2D eigenvalue weighted by Crippen LogP contribution is -2.43. The van der Waals surface area contributed by atoms with Crippen molar-refractivity contribution in [2.45, 2.75) is 50.9 Å². The second-order valence-electron chi connectivity index (χ2n) is 8.51. The van der Waals surface area contributed by atoms with E-state index in [9.17, 15) is 29.7 Å². The van der Waals surface area contributed by atoms with Gasteiger partial charge in [-0.05, 0) is 38.0 Å². The van der Waals surface area contributed by atoms with Gasteiger partial charge in [-0.1, -0.05) is 19.1 Å². The fraction of sp³-hybridized carbons (Fsp3) is 0.522. The fourth-order valence-electron chi connectivity index (χ4n) is 4.36. The Morgan fingerprint density at radius 3 is 2.72 bits per heavy atom. The van der Waals surface area contributed by atoms with Crippen molar-refractivity contribution in [3.05, 3.63) is 35.9 Å². The second-order valence-corrected chi connectivity index (χ2v) is 8.51. The summed E-state index contributed by atoms with van der Waals surface area (Å²) in [6.45, 7) is 3.59. The van der Waals surface area contributed by atoms with Crippen LogP contribution < -0.4 is 10.2 Å². The van der Waals surface area contributed by atoms with E-state index in [1.165, 1.54) is 17.9 Å². The van der Waals surface area contributed by atoms with Gasteiger partial charge in [0.2, 0.25) is 5.91 Å². The molecule has 9 heteroatoms. The highest BCUT2D eigenvalue weighted by atomic mass is 16.3. The smallest absolute Gasteiger partial charge is 0.264 e. The topological polar surface area (TPSA) is 130 Å². The third-order valence-electron chi connectivity index (χ3n) is 6.33. The van der Waals surface area contributed by atoms with Crippen LogP contribution in [-0.4, -0.2) is 70.3 Å². The van der Waals surface area contributed by atoms with Gasteiger partial charge in [-0.3, -0.25) is 14.4 Å². The van der Waals surface area contributed by atoms with Crippen molar-refractivity contribution in [1.29, 1.82) is 0 Å². The van der Waals surface area contributed by atoms with Crippen molar-refractivity contribution < 1.29 is 29.7 Å². The Morgan fingerprint density at radius 1 is 1.34 bits per heavy atom. The number of nitrogens with one attached hydrogen (secondary N) is 1. The monoisotopic (exact) mass is 445 g/mol. The number of aliphatic hydroxyl groups is 3. The molecular formula is C23H31N3O6. The summed E-state index contributed by atoms with van der Waals surface area (Å²) < 4.78 is 0. The van der Waals surface area contributed by atoms with Crippen molar-refractivity contribution in [2.75, 3.05) is 30.4 Å². The number of carbonyl (C=O) groups excluding carboxylic acids is 3. The number of anilines is 2. The Labute approximate surface area is 187 Å². The van der Waals surface area contributed by atoms with Gasteiger partial charge in [-0.25, -0.2) is 0 Å². The average Bonchev–Trinajstić information content (AvgIpc) is 3.32. The summed E-state index contributed by atoms with van der Waals surface area (Å²) in [5.74, 6) is -1.85. The van der Waals surface area contributed by atoms with Gasteiger partial charge in [0.1, 0.15) is 6.10 Å². The molecule has 4 atom stereocenters. The maximum absolute atomic E-state index is 13.0. The van der Waals surface area contributed by atoms with Crippen molar-refractivity contribution in [3.8, 4) is 0 Å². The number of carbonyl (C=O) groups is 3. The van der Waals surface area contributed by atoms with Gasteiger partial charge in [0.15, 0.2) is 5.60 Å². The van der Waals surface area contributed by atoms with Gasteiger partial charge in [0, 0.05) is 37.2 Å². The zero-order valence-corrected chi connectivity index (χ0v) is 18.6. The first-order chi connectivity index (χ1) is 15.1. The molecule has 0 bridgehead atoms. The number of likely N-dealkylation sites (tertiary alicyclic amines) is 1. The minimum Gasteiger partial charge on any atom is -0.394 e. The lowest BCUT2D eigenvalue weighted by molar-refractivity contribution is -0.139. The quantitative estimate of drug-likeness (QED) is 0.458. The van der Waals surface area contributed by atoms with Crippen LogP contribution >= 0.6 is 0 Å². The summed E-state index contributed by atoms with van der Waals surface area (Å²) in [4.78, 5) is 40.3. The zero-order valence-electron chi connectivity index (χ0n) is 18.6. The van der Waals surface area contributed by atoms with Gasteiger partial charge >= 0.3 is 0 Å². The van der Waals surface area contributed by atoms with Crippen LogP contribution in [0.4, 0.5) is 11.4 Å². The Bertz CT molecular complexity index is 930. The van der Waals surface area contributed by atoms with Crippen LogP contribution in [0.1, 0.15) is 38.7 Å². The molecule has 3 rings (SSSR count). The first kappa shape index (κ1) is 23.9. The van der Waals surface area contributed by atoms with Crippen molar-refractivity contribution in [1.82, 2.24) is 4.90 Å². The van der Waals surface area contributed by atoms with E-state index in [-0.39, 0.29) is 25.0 Å². The standard InChI is InChI=1S/C23H31N3O6/c1-14(6-4-8-20(29)26-11-5-7-17(26)13-27)23(32)18-12-16(24-21(30)15(2)28)9-10-19(18)25(3)22(23)31/h4,6,9-10,12,14-15,17,27-28,32H,5,7-8,11,13H2,1-3H3,(H,24,30)/b6-4+/t14-,15+,17+,23+/m1/s1. The molecule has 32 heavy (non-hydrogen) atoms. The highest BCUT2D eigenvalue weighted by Crippen LogP contribution is 2.45. The highest BCUT2D eigenvalue weighted by molar-refractivity contribution is 6.07. The molecule has 1 aromatic rings. The maximum atomic E-state index is 13.0. The number of fused-ring (bicyclic) bond motifs is 1. The van der Waals surface area contributed by atoms with Crippen LogP contribution in [0.5, 0.6) is 0 Å². The number of benzene rings is 1. The molecule has 0 aliphatic carbocycles. The molecule has 1 aromatic carbocycles. The number of rotatable bonds is 7. The van der Waals surface area contributed by atoms with E-state index in [1.54, 1.807) is 43.2 Å². The van der Waals surface area contributed by atoms with Gasteiger partial charge in [-0.15, -0.1) is 0 Å². The van der Waals surface area contributed by atoms with Gasteiger partial charge in [0.05, 0.1) is 18.3 Å². The van der Waals surface area contributed by atoms with Crippen LogP contribution in [0.25, 0.3) is 0 Å². The first-order valence-corrected chi connectivity index (χ1v) is 10.8. The zero-order chi connectivity index (χ0) is 23.6. The minimum absolute atomic E-state index is 0.0584. The average molecular weight is 446 g/mol. The van der Waals surface area contributed by atoms with E-state index in [1.807, 2.05) is 0 Å². The van der Waals surface area contributed by atoms with Crippen molar-refractivity contribution in [2.24, 2.45) is 5.92 Å². The molecule has 0 radical (unpaired) electrons. The molecule has 2 aliphatic rings. The van der Waals surface area contributed by atoms with E-state index in [0.29, 0.717) is 23.5 Å². The normalized spacial score (nSPS) is 24.7. The van der Waals surface area contributed by atoms with Crippen LogP contribution in [0.15, 0.2) is 30.4 Å². The number of hydrogen-bond acceptors (Lipinski definition) is 6. The van der Waals surface area contributed by atoms with E-state index in [0.717, 1.165) is 12.8 Å². The Kier molecular flexibility index (Phi) is 7.02. The lowest BCUT2D eigenvalue weighted by Gasteiger charge is -2.27. The number of hydrogen-bond donors (Lipinski definition) is 4. The molecular weight excluding hydrogens is 414 g/mol. The summed E-state index contributed by atoms with van der Waals surface area (Å²) in [5, 5.41) is 32.8. The van der Waals surface area contributed by atoms with Crippen molar-refractivity contribution in [3.63, 3.8) is 0 Å². The number of amides is 3. The summed E-state index contributed by atoms with van der Waals surface area (Å²) in [6.07, 6.45) is 3.84. The molecule has 0 aromatic heterocycles. The third kappa shape index (κ3) is 4.28. The van der Waals surface area contributed by atoms with E-state index in [4.69, 9.17) is 0 Å². The SMILES string of the molecule is C[C@H](O)C(=O)Nc1ccc2c(c1)[C@@](O)([C@H](C)/C=C/CC(=O)N1CCC[C@H]1CO)C(=O)N2C. The van der Waals surface area contributed by atoms with Crippen LogP contribution in [0, 0.1) is 5.92 Å². The van der Waals surface area contributed by atoms with Gasteiger partial charge < -0.3 is 30.4 Å². The molecule has 1 fully saturated rings. The fourth-order valence-corrected chi connectivity index (χ4v) is 4.36. The molecule has 2 aliphatic heterocycles. The molecule has 0 saturated carbocycles. The number of aliphatic hydroxyl groups excluding tert-OH is 2. The Morgan fingerprint density at radius 2 is 2.06 bits per heavy atom. The van der Waals surface area contributed by atoms with Gasteiger partial charge in [0.25, 0.3) is 11.8 Å². The molecule has 174 valence electrons.